The molecular weight excluding hydrogens is 843 g/mol. The number of amides is 5. The second kappa shape index (κ2) is 22.2. The highest BCUT2D eigenvalue weighted by Gasteiger charge is 2.36. The van der Waals surface area contributed by atoms with Crippen LogP contribution in [0.15, 0.2) is 66.7 Å². The van der Waals surface area contributed by atoms with Gasteiger partial charge in [-0.15, -0.1) is 0 Å². The maximum atomic E-state index is 14.7. The van der Waals surface area contributed by atoms with Crippen molar-refractivity contribution in [2.75, 3.05) is 52.2 Å². The van der Waals surface area contributed by atoms with Crippen molar-refractivity contribution < 1.29 is 33.4 Å². The molecule has 66 heavy (non-hydrogen) atoms. The molecule has 4 atom stereocenters. The fourth-order valence-electron chi connectivity index (χ4n) is 7.58. The molecule has 1 aliphatic heterocycles. The van der Waals surface area contributed by atoms with Crippen LogP contribution in [0.1, 0.15) is 72.9 Å². The number of ether oxygens (including phenoxy) is 2. The van der Waals surface area contributed by atoms with Gasteiger partial charge in [0.2, 0.25) is 23.6 Å². The molecule has 0 saturated carbocycles. The zero-order valence-corrected chi connectivity index (χ0v) is 38.3. The van der Waals surface area contributed by atoms with Crippen LogP contribution in [0, 0.1) is 18.3 Å². The first-order valence-electron chi connectivity index (χ1n) is 21.8. The number of nitriles is 1. The molecule has 4 bridgehead atoms. The van der Waals surface area contributed by atoms with Gasteiger partial charge in [-0.2, -0.15) is 5.26 Å². The number of nitrogens with two attached hydrogens (primary N) is 4. The third-order valence-corrected chi connectivity index (χ3v) is 11.1. The second-order valence-electron chi connectivity index (χ2n) is 17.1. The van der Waals surface area contributed by atoms with Crippen LogP contribution >= 0.6 is 0 Å². The van der Waals surface area contributed by atoms with E-state index in [1.807, 2.05) is 30.3 Å². The van der Waals surface area contributed by atoms with E-state index in [2.05, 4.69) is 47.0 Å². The highest BCUT2D eigenvalue weighted by molar-refractivity contribution is 6.01. The summed E-state index contributed by atoms with van der Waals surface area (Å²) in [7, 11) is 1.41. The summed E-state index contributed by atoms with van der Waals surface area (Å²) >= 11 is 0. The summed E-state index contributed by atoms with van der Waals surface area (Å²) in [4.78, 5) is 76.2. The van der Waals surface area contributed by atoms with Crippen molar-refractivity contribution in [2.45, 2.75) is 77.0 Å². The molecule has 1 aliphatic rings. The number of pyridine rings is 1. The molecule has 0 saturated heterocycles. The lowest BCUT2D eigenvalue weighted by molar-refractivity contribution is -0.141. The van der Waals surface area contributed by atoms with Gasteiger partial charge in [-0.25, -0.2) is 0 Å². The predicted molar refractivity (Wildman–Crippen MR) is 251 cm³/mol. The lowest BCUT2D eigenvalue weighted by atomic mass is 9.86. The fourth-order valence-corrected chi connectivity index (χ4v) is 7.58. The highest BCUT2D eigenvalue weighted by Crippen LogP contribution is 2.40. The Morgan fingerprint density at radius 2 is 1.55 bits per heavy atom. The number of aryl methyl sites for hydroxylation is 1. The molecule has 0 aliphatic carbocycles. The number of hydrogen-bond acceptors (Lipinski definition) is 13. The molecule has 3 aromatic carbocycles. The number of fused-ring (bicyclic) bond motifs is 5. The van der Waals surface area contributed by atoms with Crippen LogP contribution in [0.4, 0.5) is 5.69 Å². The van der Waals surface area contributed by atoms with Crippen LogP contribution in [0.2, 0.25) is 0 Å². The Labute approximate surface area is 385 Å². The number of anilines is 1. The van der Waals surface area contributed by atoms with Gasteiger partial charge in [0.15, 0.2) is 0 Å². The van der Waals surface area contributed by atoms with E-state index in [1.54, 1.807) is 43.3 Å². The average molecular weight is 904 g/mol. The van der Waals surface area contributed by atoms with Crippen molar-refractivity contribution >= 4 is 35.2 Å². The molecular formula is C48H61N11O7. The third-order valence-electron chi connectivity index (χ3n) is 11.1. The molecule has 1 unspecified atom stereocenters. The number of carbonyl (C=O) groups is 5. The quantitative estimate of drug-likeness (QED) is 0.0795. The largest absolute Gasteiger partial charge is 0.492 e. The molecule has 18 heteroatoms. The van der Waals surface area contributed by atoms with Crippen LogP contribution in [0.25, 0.3) is 22.4 Å². The van der Waals surface area contributed by atoms with E-state index in [1.165, 1.54) is 24.9 Å². The van der Waals surface area contributed by atoms with E-state index in [-0.39, 0.29) is 68.9 Å². The smallest absolute Gasteiger partial charge is 0.253 e. The van der Waals surface area contributed by atoms with Crippen molar-refractivity contribution in [2.24, 2.45) is 17.2 Å². The number of nitrogens with one attached hydrogen (secondary N) is 4. The van der Waals surface area contributed by atoms with Crippen LogP contribution in [-0.4, -0.2) is 104 Å². The van der Waals surface area contributed by atoms with Crippen molar-refractivity contribution in [1.82, 2.24) is 31.2 Å². The van der Waals surface area contributed by atoms with E-state index in [0.717, 1.165) is 11.1 Å². The van der Waals surface area contributed by atoms with E-state index >= 15 is 0 Å². The van der Waals surface area contributed by atoms with Crippen molar-refractivity contribution in [1.29, 1.82) is 5.26 Å². The van der Waals surface area contributed by atoms with Gasteiger partial charge >= 0.3 is 0 Å². The maximum Gasteiger partial charge on any atom is 0.253 e. The summed E-state index contributed by atoms with van der Waals surface area (Å²) in [5, 5.41) is 19.9. The third kappa shape index (κ3) is 12.0. The maximum absolute atomic E-state index is 14.7. The molecule has 1 aromatic heterocycles. The molecule has 2 heterocycles. The number of hydrogen-bond donors (Lipinski definition) is 8. The highest BCUT2D eigenvalue weighted by atomic mass is 16.5. The van der Waals surface area contributed by atoms with Gasteiger partial charge < -0.3 is 58.6 Å². The van der Waals surface area contributed by atoms with Gasteiger partial charge in [-0.1, -0.05) is 57.2 Å². The topological polar surface area (TPSA) is 296 Å². The summed E-state index contributed by atoms with van der Waals surface area (Å²) in [5.74, 6) is -2.64. The number of carbonyl (C=O) groups excluding carboxylic acids is 5. The Hall–Kier alpha value is -7.07. The second-order valence-corrected chi connectivity index (χ2v) is 17.1. The van der Waals surface area contributed by atoms with Crippen molar-refractivity contribution in [3.63, 3.8) is 0 Å². The molecule has 0 fully saturated rings. The lowest BCUT2D eigenvalue weighted by Gasteiger charge is -2.32. The Bertz CT molecular complexity index is 2460. The number of rotatable bonds is 15. The summed E-state index contributed by atoms with van der Waals surface area (Å²) in [6.45, 7) is 9.80. The Kier molecular flexibility index (Phi) is 16.8. The van der Waals surface area contributed by atoms with Gasteiger partial charge in [0.25, 0.3) is 5.91 Å². The standard InChI is InChI=1S/C48H61N11O7/c1-27-33(26-36(53)41(55-27)30-8-11-32(12-9-30)48(3,4)5)44(61)57-37(15-16-49)47(64)59(6)42-31-10-14-40(66-22-19-52)35(25-31)34-23-29(7-13-39(34)65-21-18-51)24-38(45(62)54-20-17-50)58-43(60)28(2)56-46(42)63/h7-14,23,25-26,28,37-38,42H,15-16,18-22,24,49,51-53H2,1-6H3,(H,54,62)(H,56,63)(H,57,61)(H,58,60)/t28-,37?,38-,42-/m0/s1. The number of likely N-dealkylation sites (N-methyl/N-ethyl adjacent to an activating group) is 1. The molecule has 18 nitrogen and oxygen atoms in total. The molecule has 0 radical (unpaired) electrons. The summed E-state index contributed by atoms with van der Waals surface area (Å²) in [6, 6.07) is 16.4. The van der Waals surface area contributed by atoms with Crippen LogP contribution < -0.4 is 53.7 Å². The minimum Gasteiger partial charge on any atom is -0.492 e. The van der Waals surface area contributed by atoms with E-state index in [0.29, 0.717) is 45.1 Å². The van der Waals surface area contributed by atoms with Gasteiger partial charge in [0, 0.05) is 43.2 Å². The Balaban J connectivity index is 1.57. The number of benzene rings is 3. The summed E-state index contributed by atoms with van der Waals surface area (Å²) < 4.78 is 12.2. The first-order chi connectivity index (χ1) is 31.4. The van der Waals surface area contributed by atoms with Crippen LogP contribution in [0.5, 0.6) is 11.5 Å². The van der Waals surface area contributed by atoms with E-state index < -0.39 is 53.7 Å². The minimum absolute atomic E-state index is 0.00158. The zero-order chi connectivity index (χ0) is 48.3. The Morgan fingerprint density at radius 3 is 2.15 bits per heavy atom. The molecule has 0 spiro atoms. The van der Waals surface area contributed by atoms with E-state index in [4.69, 9.17) is 37.7 Å². The predicted octanol–water partition coefficient (Wildman–Crippen LogP) is 2.11. The normalized spacial score (nSPS) is 16.6. The van der Waals surface area contributed by atoms with Gasteiger partial charge in [0.05, 0.1) is 28.7 Å². The van der Waals surface area contributed by atoms with Gasteiger partial charge in [0.1, 0.15) is 55.4 Å². The van der Waals surface area contributed by atoms with Crippen LogP contribution in [-0.2, 0) is 31.0 Å². The summed E-state index contributed by atoms with van der Waals surface area (Å²) in [6.07, 6.45) is -0.0123. The van der Waals surface area contributed by atoms with Gasteiger partial charge in [-0.05, 0) is 79.3 Å². The van der Waals surface area contributed by atoms with E-state index in [9.17, 15) is 24.0 Å². The molecule has 4 aromatic rings. The zero-order valence-electron chi connectivity index (χ0n) is 38.3. The van der Waals surface area contributed by atoms with Gasteiger partial charge in [-0.3, -0.25) is 29.0 Å². The SMILES string of the molecule is Cc1nc(-c2ccc(C(C)(C)C)cc2)c(N)cc1C(=O)NC(CCN)C(=O)N(C)[C@@H]1C(=O)N[C@@H](C)C(=O)N[C@H](C(=O)NCC#N)Cc2ccc(OCCN)c(c2)-c2cc1ccc2OCCN. The number of aromatic nitrogens is 1. The molecule has 5 amide bonds. The van der Waals surface area contributed by atoms with Crippen LogP contribution in [0.3, 0.4) is 0 Å². The fraction of sp³-hybridized carbons (Fsp3) is 0.396. The average Bonchev–Trinajstić information content (AvgIpc) is 3.29. The molecule has 350 valence electrons. The first-order valence-corrected chi connectivity index (χ1v) is 21.8. The lowest BCUT2D eigenvalue weighted by Crippen LogP contribution is -2.56. The Morgan fingerprint density at radius 1 is 0.909 bits per heavy atom. The number of nitrogen functional groups attached to an aromatic ring is 1. The molecule has 5 rings (SSSR count). The summed E-state index contributed by atoms with van der Waals surface area (Å²) in [5.41, 5.74) is 29.2. The van der Waals surface area contributed by atoms with Crippen molar-refractivity contribution in [3.05, 3.63) is 94.7 Å². The number of nitrogens with zero attached hydrogens (tertiary/aromatic N) is 3. The monoisotopic (exact) mass is 903 g/mol. The first kappa shape index (κ1) is 49.9. The minimum atomic E-state index is -1.41. The van der Waals surface area contributed by atoms with Crippen molar-refractivity contribution in [3.8, 4) is 40.0 Å². The molecule has 12 N–H and O–H groups in total.